The van der Waals surface area contributed by atoms with Crippen molar-refractivity contribution in [3.63, 3.8) is 0 Å². The van der Waals surface area contributed by atoms with Crippen LogP contribution in [0.4, 0.5) is 11.5 Å². The van der Waals surface area contributed by atoms with Crippen molar-refractivity contribution >= 4 is 63.8 Å². The number of amides is 1. The van der Waals surface area contributed by atoms with Crippen LogP contribution in [0.1, 0.15) is 6.92 Å². The number of hydrogen-bond donors (Lipinski definition) is 1. The Bertz CT molecular complexity index is 823. The maximum Gasteiger partial charge on any atom is 0.241 e. The zero-order valence-electron chi connectivity index (χ0n) is 14.6. The first-order valence-corrected chi connectivity index (χ1v) is 9.92. The van der Waals surface area contributed by atoms with Crippen LogP contribution in [0.2, 0.25) is 20.1 Å². The second-order valence-electron chi connectivity index (χ2n) is 6.27. The third kappa shape index (κ3) is 4.98. The van der Waals surface area contributed by atoms with E-state index in [1.807, 2.05) is 19.1 Å². The normalized spacial score (nSPS) is 16.3. The van der Waals surface area contributed by atoms with E-state index in [0.29, 0.717) is 25.8 Å². The highest BCUT2D eigenvalue weighted by atomic mass is 35.5. The molecule has 2 aromatic rings. The Balaban J connectivity index is 1.58. The number of nitrogens with zero attached hydrogens (tertiary/aromatic N) is 3. The van der Waals surface area contributed by atoms with Crippen molar-refractivity contribution in [2.75, 3.05) is 36.4 Å². The zero-order chi connectivity index (χ0) is 19.6. The molecule has 0 bridgehead atoms. The summed E-state index contributed by atoms with van der Waals surface area (Å²) >= 11 is 24.0. The SMILES string of the molecule is CC(C(=O)Nc1cc(Cl)c(Cl)cc1Cl)N1CCN(c2ccc(Cl)cn2)CC1. The fourth-order valence-electron chi connectivity index (χ4n) is 2.91. The molecule has 9 heteroatoms. The molecule has 3 rings (SSSR count). The van der Waals surface area contributed by atoms with Gasteiger partial charge in [-0.1, -0.05) is 46.4 Å². The van der Waals surface area contributed by atoms with Gasteiger partial charge in [0.1, 0.15) is 5.82 Å². The predicted octanol–water partition coefficient (Wildman–Crippen LogP) is 4.84. The maximum absolute atomic E-state index is 12.6. The van der Waals surface area contributed by atoms with Crippen molar-refractivity contribution in [1.29, 1.82) is 0 Å². The highest BCUT2D eigenvalue weighted by Crippen LogP contribution is 2.32. The molecule has 1 unspecified atom stereocenters. The largest absolute Gasteiger partial charge is 0.354 e. The Morgan fingerprint density at radius 2 is 1.70 bits per heavy atom. The molecule has 1 saturated heterocycles. The summed E-state index contributed by atoms with van der Waals surface area (Å²) in [6.07, 6.45) is 1.64. The van der Waals surface area contributed by atoms with Crippen molar-refractivity contribution in [3.05, 3.63) is 50.6 Å². The van der Waals surface area contributed by atoms with E-state index >= 15 is 0 Å². The van der Waals surface area contributed by atoms with Gasteiger partial charge in [-0.2, -0.15) is 0 Å². The maximum atomic E-state index is 12.6. The molecule has 1 atom stereocenters. The number of benzene rings is 1. The van der Waals surface area contributed by atoms with Gasteiger partial charge in [0, 0.05) is 32.4 Å². The lowest BCUT2D eigenvalue weighted by molar-refractivity contribution is -0.120. The number of hydrogen-bond acceptors (Lipinski definition) is 4. The summed E-state index contributed by atoms with van der Waals surface area (Å²) in [5, 5.41) is 4.48. The number of rotatable bonds is 4. The van der Waals surface area contributed by atoms with Crippen molar-refractivity contribution in [2.45, 2.75) is 13.0 Å². The van der Waals surface area contributed by atoms with Crippen LogP contribution < -0.4 is 10.2 Å². The fourth-order valence-corrected chi connectivity index (χ4v) is 3.62. The second-order valence-corrected chi connectivity index (χ2v) is 7.93. The summed E-state index contributed by atoms with van der Waals surface area (Å²) in [4.78, 5) is 21.3. The summed E-state index contributed by atoms with van der Waals surface area (Å²) in [6.45, 7) is 4.92. The standard InChI is InChI=1S/C18H18Cl4N4O/c1-11(18(27)24-16-9-14(21)13(20)8-15(16)22)25-4-6-26(7-5-25)17-3-2-12(19)10-23-17/h2-3,8-11H,4-7H2,1H3,(H,24,27). The molecule has 0 aliphatic carbocycles. The fraction of sp³-hybridized carbons (Fsp3) is 0.333. The molecule has 1 amide bonds. The lowest BCUT2D eigenvalue weighted by Crippen LogP contribution is -2.53. The molecule has 1 fully saturated rings. The van der Waals surface area contributed by atoms with Gasteiger partial charge in [-0.05, 0) is 31.2 Å². The van der Waals surface area contributed by atoms with Crippen LogP contribution in [0.5, 0.6) is 0 Å². The molecule has 1 N–H and O–H groups in total. The Morgan fingerprint density at radius 3 is 2.33 bits per heavy atom. The number of carbonyl (C=O) groups is 1. The van der Waals surface area contributed by atoms with Crippen LogP contribution in [0.3, 0.4) is 0 Å². The van der Waals surface area contributed by atoms with Crippen LogP contribution in [-0.2, 0) is 4.79 Å². The van der Waals surface area contributed by atoms with E-state index < -0.39 is 0 Å². The van der Waals surface area contributed by atoms with Gasteiger partial charge in [-0.3, -0.25) is 9.69 Å². The van der Waals surface area contributed by atoms with E-state index in [0.717, 1.165) is 32.0 Å². The minimum Gasteiger partial charge on any atom is -0.354 e. The Morgan fingerprint density at radius 1 is 1.04 bits per heavy atom. The molecule has 2 heterocycles. The minimum atomic E-state index is -0.309. The van der Waals surface area contributed by atoms with E-state index in [-0.39, 0.29) is 11.9 Å². The van der Waals surface area contributed by atoms with Crippen LogP contribution >= 0.6 is 46.4 Å². The first kappa shape index (κ1) is 20.5. The van der Waals surface area contributed by atoms with Gasteiger partial charge in [-0.25, -0.2) is 4.98 Å². The Labute approximate surface area is 178 Å². The van der Waals surface area contributed by atoms with Gasteiger partial charge < -0.3 is 10.2 Å². The molecule has 144 valence electrons. The van der Waals surface area contributed by atoms with Crippen LogP contribution in [0.25, 0.3) is 0 Å². The molecule has 1 aliphatic rings. The predicted molar refractivity (Wildman–Crippen MR) is 113 cm³/mol. The van der Waals surface area contributed by atoms with E-state index in [1.165, 1.54) is 6.07 Å². The lowest BCUT2D eigenvalue weighted by Gasteiger charge is -2.38. The van der Waals surface area contributed by atoms with E-state index in [1.54, 1.807) is 12.3 Å². The molecular formula is C18H18Cl4N4O. The minimum absolute atomic E-state index is 0.145. The van der Waals surface area contributed by atoms with Gasteiger partial charge in [0.25, 0.3) is 0 Å². The molecule has 0 saturated carbocycles. The summed E-state index contributed by atoms with van der Waals surface area (Å²) in [7, 11) is 0. The quantitative estimate of drug-likeness (QED) is 0.681. The number of anilines is 2. The highest BCUT2D eigenvalue weighted by molar-refractivity contribution is 6.44. The highest BCUT2D eigenvalue weighted by Gasteiger charge is 2.26. The van der Waals surface area contributed by atoms with Gasteiger partial charge in [0.2, 0.25) is 5.91 Å². The number of halogens is 4. The monoisotopic (exact) mass is 446 g/mol. The average molecular weight is 448 g/mol. The van der Waals surface area contributed by atoms with Crippen molar-refractivity contribution in [2.24, 2.45) is 0 Å². The first-order chi connectivity index (χ1) is 12.8. The number of nitrogens with one attached hydrogen (secondary N) is 1. The molecule has 5 nitrogen and oxygen atoms in total. The molecule has 0 spiro atoms. The molecule has 0 radical (unpaired) electrons. The van der Waals surface area contributed by atoms with Crippen molar-refractivity contribution < 1.29 is 4.79 Å². The Kier molecular flexibility index (Phi) is 6.71. The number of aromatic nitrogens is 1. The number of carbonyl (C=O) groups excluding carboxylic acids is 1. The van der Waals surface area contributed by atoms with E-state index in [9.17, 15) is 4.79 Å². The van der Waals surface area contributed by atoms with Crippen molar-refractivity contribution in [1.82, 2.24) is 9.88 Å². The topological polar surface area (TPSA) is 48.5 Å². The second kappa shape index (κ2) is 8.84. The Hall–Kier alpha value is -1.24. The first-order valence-electron chi connectivity index (χ1n) is 8.41. The van der Waals surface area contributed by atoms with Gasteiger partial charge in [0.05, 0.1) is 31.8 Å². The smallest absolute Gasteiger partial charge is 0.241 e. The average Bonchev–Trinajstić information content (AvgIpc) is 2.66. The molecule has 27 heavy (non-hydrogen) atoms. The van der Waals surface area contributed by atoms with E-state index in [2.05, 4.69) is 20.1 Å². The molecule has 1 aliphatic heterocycles. The molecular weight excluding hydrogens is 430 g/mol. The van der Waals surface area contributed by atoms with Gasteiger partial charge in [-0.15, -0.1) is 0 Å². The number of piperazine rings is 1. The summed E-state index contributed by atoms with van der Waals surface area (Å²) in [5.41, 5.74) is 0.451. The third-order valence-corrected chi connectivity index (χ3v) is 5.80. The van der Waals surface area contributed by atoms with Gasteiger partial charge >= 0.3 is 0 Å². The zero-order valence-corrected chi connectivity index (χ0v) is 17.6. The van der Waals surface area contributed by atoms with Crippen LogP contribution in [-0.4, -0.2) is 48.0 Å². The molecule has 1 aromatic carbocycles. The van der Waals surface area contributed by atoms with Crippen LogP contribution in [0, 0.1) is 0 Å². The van der Waals surface area contributed by atoms with Crippen molar-refractivity contribution in [3.8, 4) is 0 Å². The van der Waals surface area contributed by atoms with Gasteiger partial charge in [0.15, 0.2) is 0 Å². The molecule has 1 aromatic heterocycles. The summed E-state index contributed by atoms with van der Waals surface area (Å²) < 4.78 is 0. The lowest BCUT2D eigenvalue weighted by atomic mass is 10.2. The van der Waals surface area contributed by atoms with E-state index in [4.69, 9.17) is 46.4 Å². The number of pyridine rings is 1. The third-order valence-electron chi connectivity index (χ3n) is 4.55. The summed E-state index contributed by atoms with van der Waals surface area (Å²) in [6, 6.07) is 6.49. The van der Waals surface area contributed by atoms with Crippen LogP contribution in [0.15, 0.2) is 30.5 Å². The summed E-state index contributed by atoms with van der Waals surface area (Å²) in [5.74, 6) is 0.743.